The molecular weight excluding hydrogens is 320 g/mol. The van der Waals surface area contributed by atoms with Crippen LogP contribution in [0.2, 0.25) is 0 Å². The largest absolute Gasteiger partial charge is 0.352 e. The van der Waals surface area contributed by atoms with Crippen molar-refractivity contribution in [3.8, 4) is 0 Å². The molecule has 0 atom stereocenters. The number of thiazole rings is 1. The van der Waals surface area contributed by atoms with Crippen molar-refractivity contribution in [2.24, 2.45) is 0 Å². The number of nitrogens with one attached hydrogen (secondary N) is 1. The van der Waals surface area contributed by atoms with Crippen LogP contribution < -0.4 is 5.32 Å². The smallest absolute Gasteiger partial charge is 0.251 e. The van der Waals surface area contributed by atoms with Gasteiger partial charge < -0.3 is 10.2 Å². The molecule has 24 heavy (non-hydrogen) atoms. The summed E-state index contributed by atoms with van der Waals surface area (Å²) in [5, 5.41) is 3.05. The van der Waals surface area contributed by atoms with Crippen LogP contribution in [0.25, 0.3) is 15.2 Å². The maximum Gasteiger partial charge on any atom is 0.251 e. The molecule has 1 aliphatic rings. The van der Waals surface area contributed by atoms with E-state index in [1.165, 1.54) is 32.4 Å². The molecule has 0 bridgehead atoms. The van der Waals surface area contributed by atoms with Crippen molar-refractivity contribution < 1.29 is 4.79 Å². The van der Waals surface area contributed by atoms with Crippen LogP contribution >= 0.6 is 11.3 Å². The van der Waals surface area contributed by atoms with Crippen LogP contribution in [0.15, 0.2) is 30.6 Å². The molecule has 0 saturated carbocycles. The molecule has 3 heterocycles. The van der Waals surface area contributed by atoms with Gasteiger partial charge in [-0.05, 0) is 57.1 Å². The van der Waals surface area contributed by atoms with E-state index < -0.39 is 0 Å². The van der Waals surface area contributed by atoms with Gasteiger partial charge in [0.25, 0.3) is 5.91 Å². The highest BCUT2D eigenvalue weighted by molar-refractivity contribution is 7.23. The van der Waals surface area contributed by atoms with Crippen molar-refractivity contribution in [3.63, 3.8) is 0 Å². The molecule has 5 nitrogen and oxygen atoms in total. The highest BCUT2D eigenvalue weighted by atomic mass is 32.1. The minimum absolute atomic E-state index is 0.0154. The van der Waals surface area contributed by atoms with Crippen molar-refractivity contribution in [1.82, 2.24) is 19.6 Å². The van der Waals surface area contributed by atoms with E-state index >= 15 is 0 Å². The van der Waals surface area contributed by atoms with Gasteiger partial charge in [0.1, 0.15) is 0 Å². The fourth-order valence-corrected chi connectivity index (χ4v) is 4.40. The molecule has 2 aromatic heterocycles. The van der Waals surface area contributed by atoms with Crippen LogP contribution in [0.1, 0.15) is 36.0 Å². The molecule has 1 aromatic carbocycles. The van der Waals surface area contributed by atoms with E-state index in [4.69, 9.17) is 0 Å². The number of hydrogen-bond donors (Lipinski definition) is 1. The number of fused-ring (bicyclic) bond motifs is 3. The molecule has 6 heteroatoms. The lowest BCUT2D eigenvalue weighted by Gasteiger charge is -2.26. The van der Waals surface area contributed by atoms with E-state index in [9.17, 15) is 4.79 Å². The average molecular weight is 342 g/mol. The summed E-state index contributed by atoms with van der Waals surface area (Å²) in [4.78, 5) is 20.1. The Morgan fingerprint density at radius 3 is 3.00 bits per heavy atom. The summed E-state index contributed by atoms with van der Waals surface area (Å²) < 4.78 is 3.15. The third-order valence-electron chi connectivity index (χ3n) is 4.67. The lowest BCUT2D eigenvalue weighted by molar-refractivity contribution is 0.0951. The zero-order valence-electron chi connectivity index (χ0n) is 13.7. The van der Waals surface area contributed by atoms with Gasteiger partial charge in [0.05, 0.1) is 10.2 Å². The second-order valence-electron chi connectivity index (χ2n) is 6.38. The SMILES string of the molecule is O=C(NCCCN1CCCCC1)c1ccc2c(c1)sc1nccn12. The van der Waals surface area contributed by atoms with Crippen LogP contribution in [-0.2, 0) is 0 Å². The molecule has 1 amide bonds. The Kier molecular flexibility index (Phi) is 4.49. The molecule has 0 unspecified atom stereocenters. The van der Waals surface area contributed by atoms with Crippen molar-refractivity contribution in [2.75, 3.05) is 26.2 Å². The standard InChI is InChI=1S/C18H22N4OS/c23-17(19-7-4-11-21-9-2-1-3-10-21)14-5-6-15-16(13-14)24-18-20-8-12-22(15)18/h5-6,8,12-13H,1-4,7,9-11H2,(H,19,23). The number of imidazole rings is 1. The summed E-state index contributed by atoms with van der Waals surface area (Å²) in [5.41, 5.74) is 1.83. The van der Waals surface area contributed by atoms with Gasteiger partial charge in [0.15, 0.2) is 4.96 Å². The Morgan fingerprint density at radius 2 is 2.12 bits per heavy atom. The topological polar surface area (TPSA) is 49.6 Å². The van der Waals surface area contributed by atoms with Crippen molar-refractivity contribution >= 4 is 32.4 Å². The molecule has 1 aliphatic heterocycles. The van der Waals surface area contributed by atoms with Gasteiger partial charge in [-0.3, -0.25) is 9.20 Å². The zero-order valence-corrected chi connectivity index (χ0v) is 14.5. The number of carbonyl (C=O) groups is 1. The number of hydrogen-bond acceptors (Lipinski definition) is 4. The fraction of sp³-hybridized carbons (Fsp3) is 0.444. The number of amides is 1. The Labute approximate surface area is 145 Å². The minimum atomic E-state index is 0.0154. The van der Waals surface area contributed by atoms with Gasteiger partial charge in [-0.25, -0.2) is 4.98 Å². The lowest BCUT2D eigenvalue weighted by Crippen LogP contribution is -2.33. The van der Waals surface area contributed by atoms with E-state index in [1.807, 2.05) is 24.4 Å². The number of likely N-dealkylation sites (tertiary alicyclic amines) is 1. The van der Waals surface area contributed by atoms with Crippen molar-refractivity contribution in [2.45, 2.75) is 25.7 Å². The Balaban J connectivity index is 1.34. The third kappa shape index (κ3) is 3.16. The highest BCUT2D eigenvalue weighted by Gasteiger charge is 2.11. The molecule has 126 valence electrons. The van der Waals surface area contributed by atoms with Crippen LogP contribution in [0.5, 0.6) is 0 Å². The van der Waals surface area contributed by atoms with E-state index in [1.54, 1.807) is 17.5 Å². The van der Waals surface area contributed by atoms with E-state index in [0.29, 0.717) is 0 Å². The molecule has 1 N–H and O–H groups in total. The highest BCUT2D eigenvalue weighted by Crippen LogP contribution is 2.26. The molecule has 1 saturated heterocycles. The molecule has 4 rings (SSSR count). The number of aromatic nitrogens is 2. The third-order valence-corrected chi connectivity index (χ3v) is 5.71. The van der Waals surface area contributed by atoms with Crippen molar-refractivity contribution in [1.29, 1.82) is 0 Å². The quantitative estimate of drug-likeness (QED) is 0.725. The number of nitrogens with zero attached hydrogens (tertiary/aromatic N) is 3. The number of benzene rings is 1. The normalized spacial score (nSPS) is 16.0. The maximum absolute atomic E-state index is 12.4. The molecule has 0 aliphatic carbocycles. The van der Waals surface area contributed by atoms with E-state index in [0.717, 1.165) is 40.3 Å². The zero-order chi connectivity index (χ0) is 16.4. The first-order valence-electron chi connectivity index (χ1n) is 8.67. The monoisotopic (exact) mass is 342 g/mol. The number of piperidine rings is 1. The predicted molar refractivity (Wildman–Crippen MR) is 97.8 cm³/mol. The fourth-order valence-electron chi connectivity index (χ4n) is 3.37. The van der Waals surface area contributed by atoms with Crippen LogP contribution in [0.4, 0.5) is 0 Å². The summed E-state index contributed by atoms with van der Waals surface area (Å²) in [6.45, 7) is 4.25. The van der Waals surface area contributed by atoms with E-state index in [-0.39, 0.29) is 5.91 Å². The molecular formula is C18H22N4OS. The van der Waals surface area contributed by atoms with Gasteiger partial charge in [-0.2, -0.15) is 0 Å². The molecule has 1 fully saturated rings. The minimum Gasteiger partial charge on any atom is -0.352 e. The second kappa shape index (κ2) is 6.91. The summed E-state index contributed by atoms with van der Waals surface area (Å²) in [6.07, 6.45) is 8.76. The summed E-state index contributed by atoms with van der Waals surface area (Å²) in [7, 11) is 0. The van der Waals surface area contributed by atoms with E-state index in [2.05, 4.69) is 19.6 Å². The molecule has 3 aromatic rings. The summed E-state index contributed by atoms with van der Waals surface area (Å²) in [5.74, 6) is 0.0154. The summed E-state index contributed by atoms with van der Waals surface area (Å²) in [6, 6.07) is 5.87. The number of carbonyl (C=O) groups excluding carboxylic acids is 1. The van der Waals surface area contributed by atoms with Crippen LogP contribution in [-0.4, -0.2) is 46.4 Å². The molecule has 0 radical (unpaired) electrons. The maximum atomic E-state index is 12.4. The first kappa shape index (κ1) is 15.6. The number of rotatable bonds is 5. The van der Waals surface area contributed by atoms with Crippen molar-refractivity contribution in [3.05, 3.63) is 36.2 Å². The first-order chi connectivity index (χ1) is 11.8. The molecule has 0 spiro atoms. The van der Waals surface area contributed by atoms with Gasteiger partial charge in [-0.1, -0.05) is 17.8 Å². The second-order valence-corrected chi connectivity index (χ2v) is 7.39. The predicted octanol–water partition coefficient (Wildman–Crippen LogP) is 3.15. The Hall–Kier alpha value is -1.92. The Morgan fingerprint density at radius 1 is 1.25 bits per heavy atom. The average Bonchev–Trinajstić information content (AvgIpc) is 3.20. The van der Waals surface area contributed by atoms with Gasteiger partial charge in [0.2, 0.25) is 0 Å². The Bertz CT molecular complexity index is 847. The van der Waals surface area contributed by atoms with Gasteiger partial charge in [0, 0.05) is 24.5 Å². The van der Waals surface area contributed by atoms with Gasteiger partial charge >= 0.3 is 0 Å². The first-order valence-corrected chi connectivity index (χ1v) is 9.49. The summed E-state index contributed by atoms with van der Waals surface area (Å²) >= 11 is 1.61. The lowest BCUT2D eigenvalue weighted by atomic mass is 10.1. The van der Waals surface area contributed by atoms with Gasteiger partial charge in [-0.15, -0.1) is 0 Å². The van der Waals surface area contributed by atoms with Crippen LogP contribution in [0, 0.1) is 0 Å². The van der Waals surface area contributed by atoms with Crippen LogP contribution in [0.3, 0.4) is 0 Å².